The molecule has 7 atom stereocenters. The maximum atomic E-state index is 13.4. The summed E-state index contributed by atoms with van der Waals surface area (Å²) in [5.74, 6) is -3.02. The highest BCUT2D eigenvalue weighted by atomic mass is 79.9. The highest BCUT2D eigenvalue weighted by Gasteiger charge is 2.67. The van der Waals surface area contributed by atoms with Gasteiger partial charge >= 0.3 is 5.97 Å². The second-order valence-electron chi connectivity index (χ2n) is 9.53. The van der Waals surface area contributed by atoms with Crippen LogP contribution in [0.5, 0.6) is 0 Å². The lowest BCUT2D eigenvalue weighted by Crippen LogP contribution is -2.48. The molecule has 1 aromatic carbocycles. The Kier molecular flexibility index (Phi) is 6.97. The van der Waals surface area contributed by atoms with Crippen molar-refractivity contribution in [1.82, 2.24) is 4.90 Å². The molecule has 1 aliphatic heterocycles. The smallest absolute Gasteiger partial charge is 0.329 e. The van der Waals surface area contributed by atoms with E-state index in [0.717, 1.165) is 17.4 Å². The molecule has 3 fully saturated rings. The molecular formula is C23H24Br2N2O7. The summed E-state index contributed by atoms with van der Waals surface area (Å²) in [4.78, 5) is 63.8. The van der Waals surface area contributed by atoms with Crippen molar-refractivity contribution in [2.75, 3.05) is 6.61 Å². The molecule has 4 rings (SSSR count). The Hall–Kier alpha value is -2.14. The van der Waals surface area contributed by atoms with Crippen LogP contribution in [-0.4, -0.2) is 55.7 Å². The number of ketones is 1. The second-order valence-corrected chi connectivity index (χ2v) is 11.6. The highest BCUT2D eigenvalue weighted by molar-refractivity contribution is 9.12. The monoisotopic (exact) mass is 598 g/mol. The Bertz CT molecular complexity index is 1030. The molecule has 0 N–H and O–H groups in total. The molecule has 34 heavy (non-hydrogen) atoms. The zero-order valence-electron chi connectivity index (χ0n) is 18.6. The van der Waals surface area contributed by atoms with Crippen LogP contribution >= 0.6 is 31.9 Å². The first-order valence-electron chi connectivity index (χ1n) is 11.1. The van der Waals surface area contributed by atoms with Crippen molar-refractivity contribution in [1.29, 1.82) is 0 Å². The summed E-state index contributed by atoms with van der Waals surface area (Å²) in [7, 11) is 0. The number of benzene rings is 1. The number of hydrogen-bond acceptors (Lipinski definition) is 7. The zero-order valence-corrected chi connectivity index (χ0v) is 21.7. The van der Waals surface area contributed by atoms with Gasteiger partial charge < -0.3 is 4.74 Å². The summed E-state index contributed by atoms with van der Waals surface area (Å²) >= 11 is 7.30. The number of ether oxygens (including phenoxy) is 1. The lowest BCUT2D eigenvalue weighted by Gasteiger charge is -2.28. The van der Waals surface area contributed by atoms with Crippen LogP contribution in [0.15, 0.2) is 24.3 Å². The molecule has 1 aromatic rings. The molecule has 1 heterocycles. The Balaban J connectivity index is 1.50. The third-order valence-corrected chi connectivity index (χ3v) is 10.2. The molecular weight excluding hydrogens is 576 g/mol. The van der Waals surface area contributed by atoms with Crippen molar-refractivity contribution in [2.45, 2.75) is 42.4 Å². The predicted molar refractivity (Wildman–Crippen MR) is 127 cm³/mol. The van der Waals surface area contributed by atoms with Gasteiger partial charge in [-0.15, -0.1) is 0 Å². The molecule has 3 aliphatic rings. The average Bonchev–Trinajstić information content (AvgIpc) is 3.40. The summed E-state index contributed by atoms with van der Waals surface area (Å²) in [6.07, 6.45) is 0.995. The fourth-order valence-corrected chi connectivity index (χ4v) is 7.42. The Morgan fingerprint density at radius 3 is 2.26 bits per heavy atom. The average molecular weight is 600 g/mol. The van der Waals surface area contributed by atoms with E-state index in [9.17, 15) is 29.3 Å². The first kappa shape index (κ1) is 25.0. The number of likely N-dealkylation sites (tertiary alicyclic amines) is 1. The van der Waals surface area contributed by atoms with Gasteiger partial charge in [-0.3, -0.25) is 29.4 Å². The number of non-ortho nitro benzene ring substituents is 1. The van der Waals surface area contributed by atoms with Gasteiger partial charge in [0.1, 0.15) is 6.04 Å². The molecule has 2 aliphatic carbocycles. The molecule has 2 saturated carbocycles. The van der Waals surface area contributed by atoms with Crippen LogP contribution in [0.2, 0.25) is 0 Å². The molecule has 0 spiro atoms. The number of alkyl halides is 2. The van der Waals surface area contributed by atoms with Crippen molar-refractivity contribution in [3.8, 4) is 0 Å². The van der Waals surface area contributed by atoms with Gasteiger partial charge in [0.05, 0.1) is 16.8 Å². The van der Waals surface area contributed by atoms with E-state index in [4.69, 9.17) is 4.74 Å². The number of fused-ring (bicyclic) bond motifs is 5. The van der Waals surface area contributed by atoms with E-state index < -0.39 is 41.2 Å². The number of nitro benzene ring substituents is 1. The molecule has 0 unspecified atom stereocenters. The molecule has 182 valence electrons. The molecule has 9 nitrogen and oxygen atoms in total. The number of amides is 2. The number of nitrogens with zero attached hydrogens (tertiary/aromatic N) is 2. The number of carbonyl (C=O) groups excluding carboxylic acids is 4. The zero-order chi connectivity index (χ0) is 24.9. The highest BCUT2D eigenvalue weighted by Crippen LogP contribution is 2.60. The Morgan fingerprint density at radius 1 is 1.15 bits per heavy atom. The van der Waals surface area contributed by atoms with Gasteiger partial charge in [-0.2, -0.15) is 0 Å². The van der Waals surface area contributed by atoms with Gasteiger partial charge in [0.15, 0.2) is 6.61 Å². The standard InChI is InChI=1S/C23H24Br2N2O7/c1-10(2)6-15(23(31)34-9-16(28)11-4-3-5-12(7-11)27(32)33)26-21(29)17-13-8-14(18(17)22(26)30)20(25)19(13)24/h3-5,7,10,13-15,17-20H,6,8-9H2,1-2H3/t13-,14-,15+,17-,18-,19-,20+/m0/s1. The summed E-state index contributed by atoms with van der Waals surface area (Å²) in [6.45, 7) is 3.09. The third-order valence-electron chi connectivity index (χ3n) is 7.02. The summed E-state index contributed by atoms with van der Waals surface area (Å²) in [5.41, 5.74) is -0.215. The van der Waals surface area contributed by atoms with Crippen LogP contribution in [0.4, 0.5) is 5.69 Å². The topological polar surface area (TPSA) is 124 Å². The number of esters is 1. The molecule has 0 radical (unpaired) electrons. The minimum atomic E-state index is -1.12. The molecule has 2 bridgehead atoms. The van der Waals surface area contributed by atoms with E-state index >= 15 is 0 Å². The Labute approximate surface area is 213 Å². The molecule has 1 saturated heterocycles. The minimum Gasteiger partial charge on any atom is -0.456 e. The largest absolute Gasteiger partial charge is 0.456 e. The number of imide groups is 1. The fraction of sp³-hybridized carbons (Fsp3) is 0.565. The first-order valence-corrected chi connectivity index (χ1v) is 12.9. The predicted octanol–water partition coefficient (Wildman–Crippen LogP) is 3.51. The van der Waals surface area contributed by atoms with Gasteiger partial charge in [0.25, 0.3) is 5.69 Å². The van der Waals surface area contributed by atoms with Crippen LogP contribution in [0.25, 0.3) is 0 Å². The molecule has 11 heteroatoms. The van der Waals surface area contributed by atoms with Crippen LogP contribution < -0.4 is 0 Å². The normalized spacial score (nSPS) is 30.6. The molecule has 0 aromatic heterocycles. The van der Waals surface area contributed by atoms with Crippen LogP contribution in [0.1, 0.15) is 37.0 Å². The Morgan fingerprint density at radius 2 is 1.74 bits per heavy atom. The summed E-state index contributed by atoms with van der Waals surface area (Å²) in [5, 5.41) is 10.9. The number of rotatable bonds is 8. The number of Topliss-reactive ketones (excluding diaryl/α,β-unsaturated/α-hetero) is 1. The van der Waals surface area contributed by atoms with Crippen LogP contribution in [-0.2, 0) is 19.1 Å². The SMILES string of the molecule is CC(C)C[C@H](C(=O)OCC(=O)c1cccc([N+](=O)[O-])c1)N1C(=O)[C@H]2[C@@H]3C[C@H]([C@@H](Br)[C@H]3Br)[C@@H]2C1=O. The van der Waals surface area contributed by atoms with E-state index in [-0.39, 0.29) is 56.9 Å². The van der Waals surface area contributed by atoms with E-state index in [0.29, 0.717) is 0 Å². The van der Waals surface area contributed by atoms with Crippen molar-refractivity contribution in [2.24, 2.45) is 29.6 Å². The number of nitro groups is 1. The van der Waals surface area contributed by atoms with E-state index in [1.54, 1.807) is 0 Å². The van der Waals surface area contributed by atoms with Gasteiger partial charge in [0.2, 0.25) is 17.6 Å². The maximum absolute atomic E-state index is 13.4. The number of hydrogen-bond donors (Lipinski definition) is 0. The van der Waals surface area contributed by atoms with Crippen molar-refractivity contribution in [3.63, 3.8) is 0 Å². The van der Waals surface area contributed by atoms with Crippen molar-refractivity contribution >= 4 is 61.1 Å². The maximum Gasteiger partial charge on any atom is 0.329 e. The number of carbonyl (C=O) groups is 4. The van der Waals surface area contributed by atoms with Crippen molar-refractivity contribution in [3.05, 3.63) is 39.9 Å². The number of halogens is 2. The lowest BCUT2D eigenvalue weighted by atomic mass is 9.81. The molecule has 2 amide bonds. The second kappa shape index (κ2) is 9.49. The summed E-state index contributed by atoms with van der Waals surface area (Å²) < 4.78 is 5.24. The van der Waals surface area contributed by atoms with Crippen LogP contribution in [0.3, 0.4) is 0 Å². The quantitative estimate of drug-likeness (QED) is 0.112. The third kappa shape index (κ3) is 4.21. The van der Waals surface area contributed by atoms with Crippen molar-refractivity contribution < 1.29 is 28.8 Å². The minimum absolute atomic E-state index is 0.0179. The van der Waals surface area contributed by atoms with Gasteiger partial charge in [0, 0.05) is 27.4 Å². The summed E-state index contributed by atoms with van der Waals surface area (Å²) in [6, 6.07) is 4.01. The van der Waals surface area contributed by atoms with E-state index in [2.05, 4.69) is 31.9 Å². The van der Waals surface area contributed by atoms with Crippen LogP contribution in [0, 0.1) is 39.7 Å². The van der Waals surface area contributed by atoms with Gasteiger partial charge in [-0.1, -0.05) is 57.8 Å². The van der Waals surface area contributed by atoms with Gasteiger partial charge in [-0.05, 0) is 30.6 Å². The lowest BCUT2D eigenvalue weighted by molar-refractivity contribution is -0.384. The van der Waals surface area contributed by atoms with E-state index in [1.165, 1.54) is 18.2 Å². The van der Waals surface area contributed by atoms with E-state index in [1.807, 2.05) is 13.8 Å². The first-order chi connectivity index (χ1) is 16.0. The van der Waals surface area contributed by atoms with Gasteiger partial charge in [-0.25, -0.2) is 4.79 Å². The fourth-order valence-electron chi connectivity index (χ4n) is 5.54.